The molecule has 4 rings (SSSR count). The number of hydrogen-bond donors (Lipinski definition) is 0. The summed E-state index contributed by atoms with van der Waals surface area (Å²) in [7, 11) is 0. The molecule has 4 nitrogen and oxygen atoms in total. The third kappa shape index (κ3) is 6.49. The van der Waals surface area contributed by atoms with Crippen molar-refractivity contribution in [2.75, 3.05) is 12.4 Å². The number of imidazole rings is 1. The Morgan fingerprint density at radius 1 is 1.17 bits per heavy atom. The first kappa shape index (κ1) is 23.6. The maximum absolute atomic E-state index is 6.49. The number of aromatic nitrogens is 2. The van der Waals surface area contributed by atoms with Gasteiger partial charge in [0, 0.05) is 39.0 Å². The van der Waals surface area contributed by atoms with Crippen LogP contribution in [-0.4, -0.2) is 33.8 Å². The Balaban J connectivity index is 0.00000256. The number of benzene rings is 2. The number of halogens is 3. The predicted molar refractivity (Wildman–Crippen MR) is 128 cm³/mol. The standard InChI is InChI=1S/C22H22BrClN2O2S.ClH/c23-18-3-7-21(8-4-18)29-14-20-13-27-22(28-20,15-26-12-11-25-16-26)10-9-17-1-5-19(24)6-2-17;/h1-8,11-12,16,20H,9-10,13-15H2;1H/t20-,22+;/m0./s1. The van der Waals surface area contributed by atoms with Crippen molar-refractivity contribution in [1.82, 2.24) is 9.55 Å². The second-order valence-electron chi connectivity index (χ2n) is 7.09. The molecule has 3 aromatic rings. The molecule has 1 aliphatic heterocycles. The van der Waals surface area contributed by atoms with E-state index in [2.05, 4.69) is 57.3 Å². The zero-order valence-corrected chi connectivity index (χ0v) is 20.2. The van der Waals surface area contributed by atoms with E-state index in [0.29, 0.717) is 13.2 Å². The molecule has 0 unspecified atom stereocenters. The highest BCUT2D eigenvalue weighted by Crippen LogP contribution is 2.33. The van der Waals surface area contributed by atoms with E-state index < -0.39 is 5.79 Å². The first-order chi connectivity index (χ1) is 14.1. The second kappa shape index (κ2) is 11.0. The highest BCUT2D eigenvalue weighted by Gasteiger charge is 2.41. The maximum Gasteiger partial charge on any atom is 0.187 e. The van der Waals surface area contributed by atoms with Crippen molar-refractivity contribution < 1.29 is 9.47 Å². The summed E-state index contributed by atoms with van der Waals surface area (Å²) >= 11 is 11.3. The molecular weight excluding hydrogens is 507 g/mol. The number of ether oxygens (including phenoxy) is 2. The van der Waals surface area contributed by atoms with E-state index in [9.17, 15) is 0 Å². The average molecular weight is 530 g/mol. The molecule has 0 radical (unpaired) electrons. The van der Waals surface area contributed by atoms with Crippen LogP contribution >= 0.6 is 51.7 Å². The number of hydrogen-bond acceptors (Lipinski definition) is 4. The quantitative estimate of drug-likeness (QED) is 0.323. The molecule has 0 amide bonds. The largest absolute Gasteiger partial charge is 0.345 e. The highest BCUT2D eigenvalue weighted by atomic mass is 79.9. The van der Waals surface area contributed by atoms with Gasteiger partial charge in [0.1, 0.15) is 0 Å². The monoisotopic (exact) mass is 528 g/mol. The lowest BCUT2D eigenvalue weighted by Crippen LogP contribution is -2.37. The van der Waals surface area contributed by atoms with Crippen LogP contribution in [0.2, 0.25) is 5.02 Å². The molecule has 0 N–H and O–H groups in total. The van der Waals surface area contributed by atoms with Gasteiger partial charge in [-0.2, -0.15) is 0 Å². The summed E-state index contributed by atoms with van der Waals surface area (Å²) in [6.07, 6.45) is 7.21. The van der Waals surface area contributed by atoms with Gasteiger partial charge in [0.2, 0.25) is 0 Å². The summed E-state index contributed by atoms with van der Waals surface area (Å²) in [6, 6.07) is 16.3. The van der Waals surface area contributed by atoms with Crippen LogP contribution in [0.3, 0.4) is 0 Å². The molecule has 8 heteroatoms. The van der Waals surface area contributed by atoms with Crippen molar-refractivity contribution in [3.63, 3.8) is 0 Å². The first-order valence-electron chi connectivity index (χ1n) is 9.51. The summed E-state index contributed by atoms with van der Waals surface area (Å²) in [6.45, 7) is 1.22. The minimum absolute atomic E-state index is 0. The van der Waals surface area contributed by atoms with Gasteiger partial charge in [0.25, 0.3) is 0 Å². The van der Waals surface area contributed by atoms with Gasteiger partial charge in [-0.05, 0) is 48.4 Å². The first-order valence-corrected chi connectivity index (χ1v) is 11.7. The Hall–Kier alpha value is -1.02. The molecule has 2 aromatic carbocycles. The smallest absolute Gasteiger partial charge is 0.187 e. The molecule has 2 atom stereocenters. The lowest BCUT2D eigenvalue weighted by molar-refractivity contribution is -0.180. The molecule has 1 aliphatic rings. The van der Waals surface area contributed by atoms with E-state index in [1.54, 1.807) is 24.3 Å². The third-order valence-corrected chi connectivity index (χ3v) is 6.78. The summed E-state index contributed by atoms with van der Waals surface area (Å²) in [5.74, 6) is 0.208. The Morgan fingerprint density at radius 3 is 2.63 bits per heavy atom. The number of nitrogens with zero attached hydrogens (tertiary/aromatic N) is 2. The molecule has 1 aromatic heterocycles. The fourth-order valence-electron chi connectivity index (χ4n) is 3.36. The molecule has 0 aliphatic carbocycles. The molecule has 1 saturated heterocycles. The zero-order valence-electron chi connectivity index (χ0n) is 16.2. The van der Waals surface area contributed by atoms with Crippen LogP contribution in [0.1, 0.15) is 12.0 Å². The fourth-order valence-corrected chi connectivity index (χ4v) is 4.62. The molecule has 160 valence electrons. The Kier molecular flexibility index (Phi) is 8.69. The van der Waals surface area contributed by atoms with Gasteiger partial charge in [-0.3, -0.25) is 0 Å². The van der Waals surface area contributed by atoms with Crippen LogP contribution in [0, 0.1) is 0 Å². The molecule has 0 bridgehead atoms. The van der Waals surface area contributed by atoms with Gasteiger partial charge in [-0.15, -0.1) is 24.2 Å². The van der Waals surface area contributed by atoms with Crippen molar-refractivity contribution >= 4 is 51.7 Å². The zero-order chi connectivity index (χ0) is 20.1. The van der Waals surface area contributed by atoms with Gasteiger partial charge in [-0.1, -0.05) is 39.7 Å². The van der Waals surface area contributed by atoms with Gasteiger partial charge in [0.05, 0.1) is 25.6 Å². The molecular formula is C22H23BrCl2N2O2S. The maximum atomic E-state index is 6.49. The minimum Gasteiger partial charge on any atom is -0.345 e. The molecule has 2 heterocycles. The summed E-state index contributed by atoms with van der Waals surface area (Å²) in [5.41, 5.74) is 1.22. The molecule has 0 spiro atoms. The topological polar surface area (TPSA) is 36.3 Å². The molecule has 30 heavy (non-hydrogen) atoms. The minimum atomic E-state index is -0.648. The number of rotatable bonds is 8. The van der Waals surface area contributed by atoms with E-state index >= 15 is 0 Å². The van der Waals surface area contributed by atoms with Crippen LogP contribution in [0.15, 0.2) is 76.6 Å². The Labute approximate surface area is 200 Å². The average Bonchev–Trinajstić information content (AvgIpc) is 3.38. The van der Waals surface area contributed by atoms with E-state index in [0.717, 1.165) is 28.1 Å². The lowest BCUT2D eigenvalue weighted by atomic mass is 10.0. The second-order valence-corrected chi connectivity index (χ2v) is 9.53. The predicted octanol–water partition coefficient (Wildman–Crippen LogP) is 6.26. The van der Waals surface area contributed by atoms with E-state index in [1.165, 1.54) is 10.5 Å². The fraction of sp³-hybridized carbons (Fsp3) is 0.318. The molecule has 0 saturated carbocycles. The Bertz CT molecular complexity index is 910. The SMILES string of the molecule is Cl.Clc1ccc(CC[C@@]2(Cn3ccnc3)OC[C@@H](CSc3ccc(Br)cc3)O2)cc1. The van der Waals surface area contributed by atoms with Crippen molar-refractivity contribution in [1.29, 1.82) is 0 Å². The van der Waals surface area contributed by atoms with Crippen LogP contribution in [0.5, 0.6) is 0 Å². The Morgan fingerprint density at radius 2 is 1.93 bits per heavy atom. The highest BCUT2D eigenvalue weighted by molar-refractivity contribution is 9.10. The van der Waals surface area contributed by atoms with Crippen molar-refractivity contribution in [3.8, 4) is 0 Å². The molecule has 1 fully saturated rings. The van der Waals surface area contributed by atoms with Crippen molar-refractivity contribution in [2.45, 2.75) is 36.2 Å². The van der Waals surface area contributed by atoms with Crippen molar-refractivity contribution in [3.05, 3.63) is 82.3 Å². The van der Waals surface area contributed by atoms with Crippen molar-refractivity contribution in [2.24, 2.45) is 0 Å². The van der Waals surface area contributed by atoms with Gasteiger partial charge >= 0.3 is 0 Å². The van der Waals surface area contributed by atoms with E-state index in [1.807, 2.05) is 22.9 Å². The van der Waals surface area contributed by atoms with Gasteiger partial charge in [-0.25, -0.2) is 4.98 Å². The van der Waals surface area contributed by atoms with Crippen LogP contribution in [0.4, 0.5) is 0 Å². The van der Waals surface area contributed by atoms with E-state index in [-0.39, 0.29) is 18.5 Å². The lowest BCUT2D eigenvalue weighted by Gasteiger charge is -2.28. The van der Waals surface area contributed by atoms with Crippen LogP contribution < -0.4 is 0 Å². The summed E-state index contributed by atoms with van der Waals surface area (Å²) in [4.78, 5) is 5.38. The van der Waals surface area contributed by atoms with Gasteiger partial charge in [0.15, 0.2) is 5.79 Å². The normalized spacial score (nSPS) is 20.8. The van der Waals surface area contributed by atoms with Gasteiger partial charge < -0.3 is 14.0 Å². The van der Waals surface area contributed by atoms with Crippen LogP contribution in [-0.2, 0) is 22.4 Å². The number of thioether (sulfide) groups is 1. The summed E-state index contributed by atoms with van der Waals surface area (Å²) in [5, 5.41) is 0.750. The van der Waals surface area contributed by atoms with Crippen LogP contribution in [0.25, 0.3) is 0 Å². The van der Waals surface area contributed by atoms with E-state index in [4.69, 9.17) is 21.1 Å². The summed E-state index contributed by atoms with van der Waals surface area (Å²) < 4.78 is 15.9. The third-order valence-electron chi connectivity index (χ3n) is 4.85. The number of aryl methyl sites for hydroxylation is 1.